The lowest BCUT2D eigenvalue weighted by Gasteiger charge is -2.09. The maximum Gasteiger partial charge on any atom is 0.272 e. The van der Waals surface area contributed by atoms with E-state index >= 15 is 0 Å². The number of halogens is 1. The summed E-state index contributed by atoms with van der Waals surface area (Å²) in [5.74, 6) is 0.480. The predicted octanol–water partition coefficient (Wildman–Crippen LogP) is 2.83. The van der Waals surface area contributed by atoms with Gasteiger partial charge in [0.05, 0.1) is 5.69 Å². The van der Waals surface area contributed by atoms with Gasteiger partial charge in [0, 0.05) is 23.3 Å². The number of nitrogens with one attached hydrogen (secondary N) is 2. The van der Waals surface area contributed by atoms with Gasteiger partial charge in [-0.2, -0.15) is 0 Å². The molecule has 2 aromatic heterocycles. The molecule has 1 amide bonds. The summed E-state index contributed by atoms with van der Waals surface area (Å²) in [6, 6.07) is 9.20. The van der Waals surface area contributed by atoms with E-state index in [1.165, 1.54) is 0 Å². The Hall–Kier alpha value is -2.41. The third-order valence-electron chi connectivity index (χ3n) is 3.02. The number of amides is 1. The minimum atomic E-state index is -0.213. The Bertz CT molecular complexity index is 792. The number of carbonyl (C=O) groups excluding carboxylic acids is 1. The molecule has 7 heteroatoms. The molecule has 0 spiro atoms. The number of hydrogen-bond acceptors (Lipinski definition) is 3. The van der Waals surface area contributed by atoms with Gasteiger partial charge >= 0.3 is 0 Å². The molecule has 6 nitrogen and oxygen atoms in total. The van der Waals surface area contributed by atoms with Gasteiger partial charge in [-0.25, -0.2) is 0 Å². The molecule has 106 valence electrons. The van der Waals surface area contributed by atoms with Gasteiger partial charge in [-0.3, -0.25) is 4.79 Å². The molecule has 3 rings (SSSR count). The quantitative estimate of drug-likeness (QED) is 0.766. The Morgan fingerprint density at radius 2 is 2.19 bits per heavy atom. The highest BCUT2D eigenvalue weighted by atomic mass is 79.9. The van der Waals surface area contributed by atoms with Crippen LogP contribution in [0.1, 0.15) is 10.5 Å². The van der Waals surface area contributed by atoms with E-state index in [0.29, 0.717) is 17.2 Å². The molecule has 0 radical (unpaired) electrons. The van der Waals surface area contributed by atoms with E-state index in [0.717, 1.165) is 10.0 Å². The average Bonchev–Trinajstić information content (AvgIpc) is 3.08. The van der Waals surface area contributed by atoms with Crippen molar-refractivity contribution in [2.75, 3.05) is 5.32 Å². The van der Waals surface area contributed by atoms with Crippen LogP contribution in [0.5, 0.6) is 0 Å². The minimum absolute atomic E-state index is 0.213. The number of aryl methyl sites for hydroxylation is 1. The summed E-state index contributed by atoms with van der Waals surface area (Å²) in [6.07, 6.45) is 3.33. The van der Waals surface area contributed by atoms with Gasteiger partial charge < -0.3 is 14.9 Å². The van der Waals surface area contributed by atoms with Crippen molar-refractivity contribution in [3.05, 3.63) is 53.0 Å². The largest absolute Gasteiger partial charge is 0.356 e. The number of nitrogens with zero attached hydrogens (tertiary/aromatic N) is 3. The summed E-state index contributed by atoms with van der Waals surface area (Å²) in [7, 11) is 1.86. The maximum absolute atomic E-state index is 12.2. The number of aromatic amines is 1. The summed E-state index contributed by atoms with van der Waals surface area (Å²) in [4.78, 5) is 15.1. The van der Waals surface area contributed by atoms with Gasteiger partial charge in [-0.1, -0.05) is 12.1 Å². The normalized spacial score (nSPS) is 10.6. The first-order valence-corrected chi connectivity index (χ1v) is 7.03. The number of anilines is 1. The molecule has 0 atom stereocenters. The molecule has 0 saturated heterocycles. The molecule has 3 aromatic rings. The number of carbonyl (C=O) groups is 1. The molecule has 2 N–H and O–H groups in total. The van der Waals surface area contributed by atoms with Crippen LogP contribution in [0, 0.1) is 0 Å². The van der Waals surface area contributed by atoms with E-state index in [1.807, 2.05) is 31.3 Å². The van der Waals surface area contributed by atoms with Crippen LogP contribution in [0.15, 0.2) is 47.3 Å². The molecule has 1 aromatic carbocycles. The van der Waals surface area contributed by atoms with Crippen molar-refractivity contribution < 1.29 is 4.79 Å². The summed E-state index contributed by atoms with van der Waals surface area (Å²) in [6.45, 7) is 0. The van der Waals surface area contributed by atoms with Crippen molar-refractivity contribution in [1.82, 2.24) is 19.7 Å². The topological polar surface area (TPSA) is 75.6 Å². The van der Waals surface area contributed by atoms with Crippen molar-refractivity contribution in [2.45, 2.75) is 0 Å². The van der Waals surface area contributed by atoms with Crippen LogP contribution in [-0.2, 0) is 7.05 Å². The molecule has 0 bridgehead atoms. The highest BCUT2D eigenvalue weighted by Gasteiger charge is 2.14. The molecule has 0 aliphatic carbocycles. The van der Waals surface area contributed by atoms with E-state index in [2.05, 4.69) is 36.4 Å². The standard InChI is InChI=1S/C14H12BrN5O/c1-20-8-17-19-13(20)10-4-2-3-5-11(10)18-14(21)12-6-9(15)7-16-12/h2-8,16H,1H3,(H,18,21). The first-order chi connectivity index (χ1) is 10.1. The van der Waals surface area contributed by atoms with Crippen LogP contribution < -0.4 is 5.32 Å². The number of benzene rings is 1. The molecular formula is C14H12BrN5O. The van der Waals surface area contributed by atoms with Crippen LogP contribution in [-0.4, -0.2) is 25.7 Å². The number of H-pyrrole nitrogens is 1. The van der Waals surface area contributed by atoms with E-state index in [9.17, 15) is 4.79 Å². The Morgan fingerprint density at radius 3 is 2.86 bits per heavy atom. The molecule has 0 fully saturated rings. The van der Waals surface area contributed by atoms with Crippen LogP contribution in [0.4, 0.5) is 5.69 Å². The van der Waals surface area contributed by atoms with Gasteiger partial charge in [0.15, 0.2) is 5.82 Å². The third-order valence-corrected chi connectivity index (χ3v) is 3.48. The van der Waals surface area contributed by atoms with Gasteiger partial charge in [0.1, 0.15) is 12.0 Å². The van der Waals surface area contributed by atoms with Crippen molar-refractivity contribution in [3.63, 3.8) is 0 Å². The summed E-state index contributed by atoms with van der Waals surface area (Å²) in [5.41, 5.74) is 1.98. The predicted molar refractivity (Wildman–Crippen MR) is 82.9 cm³/mol. The van der Waals surface area contributed by atoms with E-state index in [4.69, 9.17) is 0 Å². The lowest BCUT2D eigenvalue weighted by molar-refractivity contribution is 0.102. The highest BCUT2D eigenvalue weighted by molar-refractivity contribution is 9.10. The summed E-state index contributed by atoms with van der Waals surface area (Å²) >= 11 is 3.31. The van der Waals surface area contributed by atoms with Crippen LogP contribution in [0.3, 0.4) is 0 Å². The Labute approximate surface area is 129 Å². The first-order valence-electron chi connectivity index (χ1n) is 6.24. The minimum Gasteiger partial charge on any atom is -0.356 e. The number of rotatable bonds is 3. The molecule has 0 aliphatic heterocycles. The molecular weight excluding hydrogens is 334 g/mol. The fraction of sp³-hybridized carbons (Fsp3) is 0.0714. The van der Waals surface area contributed by atoms with Gasteiger partial charge in [0.25, 0.3) is 5.91 Å². The van der Waals surface area contributed by atoms with Gasteiger partial charge in [0.2, 0.25) is 0 Å². The molecule has 2 heterocycles. The first kappa shape index (κ1) is 13.6. The molecule has 0 unspecified atom stereocenters. The SMILES string of the molecule is Cn1cnnc1-c1ccccc1NC(=O)c1cc(Br)c[nH]1. The third kappa shape index (κ3) is 2.73. The van der Waals surface area contributed by atoms with Crippen molar-refractivity contribution in [3.8, 4) is 11.4 Å². The summed E-state index contributed by atoms with van der Waals surface area (Å²) < 4.78 is 2.63. The maximum atomic E-state index is 12.2. The second-order valence-corrected chi connectivity index (χ2v) is 5.41. The zero-order valence-electron chi connectivity index (χ0n) is 11.2. The molecule has 0 aliphatic rings. The molecule has 21 heavy (non-hydrogen) atoms. The van der Waals surface area contributed by atoms with Crippen molar-refractivity contribution in [2.24, 2.45) is 7.05 Å². The molecule has 0 saturated carbocycles. The van der Waals surface area contributed by atoms with Gasteiger partial charge in [-0.05, 0) is 34.1 Å². The number of para-hydroxylation sites is 1. The van der Waals surface area contributed by atoms with Crippen molar-refractivity contribution >= 4 is 27.5 Å². The van der Waals surface area contributed by atoms with Crippen LogP contribution in [0.25, 0.3) is 11.4 Å². The van der Waals surface area contributed by atoms with Crippen LogP contribution >= 0.6 is 15.9 Å². The lowest BCUT2D eigenvalue weighted by atomic mass is 10.1. The Morgan fingerprint density at radius 1 is 1.38 bits per heavy atom. The number of aromatic nitrogens is 4. The monoisotopic (exact) mass is 345 g/mol. The second-order valence-electron chi connectivity index (χ2n) is 4.50. The van der Waals surface area contributed by atoms with Gasteiger partial charge in [-0.15, -0.1) is 10.2 Å². The van der Waals surface area contributed by atoms with Crippen LogP contribution in [0.2, 0.25) is 0 Å². The van der Waals surface area contributed by atoms with Crippen molar-refractivity contribution in [1.29, 1.82) is 0 Å². The average molecular weight is 346 g/mol. The fourth-order valence-electron chi connectivity index (χ4n) is 2.00. The Balaban J connectivity index is 1.93. The fourth-order valence-corrected chi connectivity index (χ4v) is 2.35. The Kier molecular flexibility index (Phi) is 3.57. The highest BCUT2D eigenvalue weighted by Crippen LogP contribution is 2.26. The summed E-state index contributed by atoms with van der Waals surface area (Å²) in [5, 5.41) is 10.8. The van der Waals surface area contributed by atoms with E-state index < -0.39 is 0 Å². The number of hydrogen-bond donors (Lipinski definition) is 2. The zero-order chi connectivity index (χ0) is 14.8. The van der Waals surface area contributed by atoms with E-state index in [-0.39, 0.29) is 5.91 Å². The lowest BCUT2D eigenvalue weighted by Crippen LogP contribution is -2.13. The van der Waals surface area contributed by atoms with E-state index in [1.54, 1.807) is 23.2 Å². The smallest absolute Gasteiger partial charge is 0.272 e. The zero-order valence-corrected chi connectivity index (χ0v) is 12.8. The second kappa shape index (κ2) is 5.53.